The van der Waals surface area contributed by atoms with Gasteiger partial charge in [-0.3, -0.25) is 4.90 Å². The Morgan fingerprint density at radius 1 is 1.43 bits per heavy atom. The first kappa shape index (κ1) is 15.8. The minimum absolute atomic E-state index is 0.0128. The second kappa shape index (κ2) is 6.48. The third kappa shape index (κ3) is 3.76. The van der Waals surface area contributed by atoms with Crippen molar-refractivity contribution in [1.29, 1.82) is 0 Å². The summed E-state index contributed by atoms with van der Waals surface area (Å²) in [4.78, 5) is 14.1. The van der Waals surface area contributed by atoms with E-state index in [0.29, 0.717) is 6.54 Å². The summed E-state index contributed by atoms with van der Waals surface area (Å²) in [5.74, 6) is 0. The van der Waals surface area contributed by atoms with Gasteiger partial charge in [0.1, 0.15) is 0 Å². The van der Waals surface area contributed by atoms with Gasteiger partial charge in [-0.15, -0.1) is 0 Å². The van der Waals surface area contributed by atoms with E-state index in [0.717, 1.165) is 31.5 Å². The topological polar surface area (TPSA) is 52.6 Å². The first-order chi connectivity index (χ1) is 9.94. The normalized spacial score (nSPS) is 14.2. The number of carbonyl (C=O) groups excluding carboxylic acids is 1. The molecule has 0 saturated carbocycles. The summed E-state index contributed by atoms with van der Waals surface area (Å²) in [5.41, 5.74) is 3.52. The fourth-order valence-corrected chi connectivity index (χ4v) is 2.76. The zero-order chi connectivity index (χ0) is 15.5. The summed E-state index contributed by atoms with van der Waals surface area (Å²) in [7, 11) is 0. The molecule has 0 unspecified atom stereocenters. The largest absolute Gasteiger partial charge is 0.396 e. The maximum absolute atomic E-state index is 12.3. The van der Waals surface area contributed by atoms with Gasteiger partial charge in [0.05, 0.1) is 0 Å². The molecule has 1 aliphatic rings. The van der Waals surface area contributed by atoms with E-state index < -0.39 is 0 Å². The third-order valence-corrected chi connectivity index (χ3v) is 4.24. The summed E-state index contributed by atoms with van der Waals surface area (Å²) in [6.45, 7) is 7.76. The van der Waals surface area contributed by atoms with Crippen LogP contribution in [0.25, 0.3) is 0 Å². The number of aliphatic hydroxyl groups is 1. The van der Waals surface area contributed by atoms with E-state index in [1.807, 2.05) is 30.9 Å². The van der Waals surface area contributed by atoms with Crippen molar-refractivity contribution >= 4 is 11.7 Å². The first-order valence-electron chi connectivity index (χ1n) is 7.69. The van der Waals surface area contributed by atoms with Gasteiger partial charge < -0.3 is 10.4 Å². The molecule has 1 aliphatic heterocycles. The Labute approximate surface area is 127 Å². The molecule has 0 bridgehead atoms. The third-order valence-electron chi connectivity index (χ3n) is 4.24. The number of carbonyl (C=O) groups is 1. The van der Waals surface area contributed by atoms with E-state index in [1.54, 1.807) is 0 Å². The molecule has 0 fully saturated rings. The van der Waals surface area contributed by atoms with E-state index >= 15 is 0 Å². The van der Waals surface area contributed by atoms with Gasteiger partial charge in [0.15, 0.2) is 0 Å². The summed E-state index contributed by atoms with van der Waals surface area (Å²) < 4.78 is 0. The van der Waals surface area contributed by atoms with Crippen LogP contribution < -0.4 is 10.2 Å². The molecule has 116 valence electrons. The molecule has 0 radical (unpaired) electrons. The van der Waals surface area contributed by atoms with Crippen molar-refractivity contribution < 1.29 is 9.90 Å². The number of rotatable bonds is 5. The molecular weight excluding hydrogens is 264 g/mol. The fourth-order valence-electron chi connectivity index (χ4n) is 2.76. The van der Waals surface area contributed by atoms with Crippen molar-refractivity contribution in [3.63, 3.8) is 0 Å². The van der Waals surface area contributed by atoms with Crippen LogP contribution >= 0.6 is 0 Å². The second-order valence-corrected chi connectivity index (χ2v) is 6.63. The molecule has 2 rings (SSSR count). The summed E-state index contributed by atoms with van der Waals surface area (Å²) in [6, 6.07) is 6.10. The predicted octanol–water partition coefficient (Wildman–Crippen LogP) is 2.87. The van der Waals surface area contributed by atoms with Crippen molar-refractivity contribution in [2.24, 2.45) is 5.41 Å². The lowest BCUT2D eigenvalue weighted by atomic mass is 9.89. The SMILES string of the molecule is Cc1cccc2c1CCN2C(=O)NCCCC(C)(C)CO. The number of fused-ring (bicyclic) bond motifs is 1. The lowest BCUT2D eigenvalue weighted by Crippen LogP contribution is -2.39. The number of aliphatic hydroxyl groups excluding tert-OH is 1. The van der Waals surface area contributed by atoms with Crippen molar-refractivity contribution in [2.45, 2.75) is 40.0 Å². The quantitative estimate of drug-likeness (QED) is 0.819. The summed E-state index contributed by atoms with van der Waals surface area (Å²) in [5, 5.41) is 12.2. The van der Waals surface area contributed by atoms with E-state index in [-0.39, 0.29) is 18.1 Å². The standard InChI is InChI=1S/C17H26N2O2/c1-13-6-4-7-15-14(13)8-11-19(15)16(21)18-10-5-9-17(2,3)12-20/h4,6-7,20H,5,8-12H2,1-3H3,(H,18,21). The highest BCUT2D eigenvalue weighted by atomic mass is 16.3. The van der Waals surface area contributed by atoms with E-state index in [4.69, 9.17) is 0 Å². The van der Waals surface area contributed by atoms with Gasteiger partial charge in [-0.25, -0.2) is 4.79 Å². The molecule has 0 aliphatic carbocycles. The highest BCUT2D eigenvalue weighted by Gasteiger charge is 2.25. The maximum Gasteiger partial charge on any atom is 0.321 e. The van der Waals surface area contributed by atoms with Crippen molar-refractivity contribution in [3.05, 3.63) is 29.3 Å². The zero-order valence-corrected chi connectivity index (χ0v) is 13.3. The molecule has 0 saturated heterocycles. The number of nitrogens with zero attached hydrogens (tertiary/aromatic N) is 1. The van der Waals surface area contributed by atoms with Crippen molar-refractivity contribution in [1.82, 2.24) is 5.32 Å². The van der Waals surface area contributed by atoms with Crippen molar-refractivity contribution in [3.8, 4) is 0 Å². The average molecular weight is 290 g/mol. The van der Waals surface area contributed by atoms with Crippen molar-refractivity contribution in [2.75, 3.05) is 24.6 Å². The molecule has 0 aromatic heterocycles. The maximum atomic E-state index is 12.3. The van der Waals surface area contributed by atoms with Crippen LogP contribution in [-0.4, -0.2) is 30.8 Å². The predicted molar refractivity (Wildman–Crippen MR) is 85.7 cm³/mol. The Bertz CT molecular complexity index is 512. The van der Waals surface area contributed by atoms with Gasteiger partial charge in [0.2, 0.25) is 0 Å². The molecule has 1 aromatic carbocycles. The van der Waals surface area contributed by atoms with Crippen LogP contribution in [0.15, 0.2) is 18.2 Å². The molecular formula is C17H26N2O2. The summed E-state index contributed by atoms with van der Waals surface area (Å²) >= 11 is 0. The monoisotopic (exact) mass is 290 g/mol. The smallest absolute Gasteiger partial charge is 0.321 e. The molecule has 2 N–H and O–H groups in total. The number of hydrogen-bond acceptors (Lipinski definition) is 2. The van der Waals surface area contributed by atoms with Gasteiger partial charge in [-0.05, 0) is 48.8 Å². The molecule has 0 spiro atoms. The molecule has 4 nitrogen and oxygen atoms in total. The number of aryl methyl sites for hydroxylation is 1. The molecule has 1 aromatic rings. The summed E-state index contributed by atoms with van der Waals surface area (Å²) in [6.07, 6.45) is 2.72. The van der Waals surface area contributed by atoms with Gasteiger partial charge in [-0.1, -0.05) is 26.0 Å². The minimum atomic E-state index is -0.0674. The zero-order valence-electron chi connectivity index (χ0n) is 13.3. The Morgan fingerprint density at radius 3 is 2.90 bits per heavy atom. The molecule has 21 heavy (non-hydrogen) atoms. The van der Waals surface area contributed by atoms with Crippen LogP contribution in [-0.2, 0) is 6.42 Å². The Hall–Kier alpha value is -1.55. The molecule has 2 amide bonds. The van der Waals surface area contributed by atoms with E-state index in [1.165, 1.54) is 11.1 Å². The Morgan fingerprint density at radius 2 is 2.19 bits per heavy atom. The van der Waals surface area contributed by atoms with Gasteiger partial charge in [0, 0.05) is 25.4 Å². The van der Waals surface area contributed by atoms with Gasteiger partial charge in [-0.2, -0.15) is 0 Å². The lowest BCUT2D eigenvalue weighted by molar-refractivity contribution is 0.148. The number of urea groups is 1. The van der Waals surface area contributed by atoms with Crippen LogP contribution in [0.1, 0.15) is 37.8 Å². The Kier molecular flexibility index (Phi) is 4.88. The number of hydrogen-bond donors (Lipinski definition) is 2. The van der Waals surface area contributed by atoms with Gasteiger partial charge in [0.25, 0.3) is 0 Å². The second-order valence-electron chi connectivity index (χ2n) is 6.63. The average Bonchev–Trinajstić information content (AvgIpc) is 2.89. The number of anilines is 1. The van der Waals surface area contributed by atoms with Gasteiger partial charge >= 0.3 is 6.03 Å². The minimum Gasteiger partial charge on any atom is -0.396 e. The molecule has 4 heteroatoms. The van der Waals surface area contributed by atoms with Crippen LogP contribution in [0, 0.1) is 12.3 Å². The fraction of sp³-hybridized carbons (Fsp3) is 0.588. The highest BCUT2D eigenvalue weighted by Crippen LogP contribution is 2.30. The van der Waals surface area contributed by atoms with Crippen LogP contribution in [0.4, 0.5) is 10.5 Å². The number of benzene rings is 1. The van der Waals surface area contributed by atoms with Crippen LogP contribution in [0.2, 0.25) is 0 Å². The molecule has 1 heterocycles. The van der Waals surface area contributed by atoms with Crippen LogP contribution in [0.5, 0.6) is 0 Å². The number of amides is 2. The lowest BCUT2D eigenvalue weighted by Gasteiger charge is -2.22. The van der Waals surface area contributed by atoms with E-state index in [2.05, 4.69) is 18.3 Å². The van der Waals surface area contributed by atoms with Crippen LogP contribution in [0.3, 0.4) is 0 Å². The number of nitrogens with one attached hydrogen (secondary N) is 1. The van der Waals surface area contributed by atoms with E-state index in [9.17, 15) is 9.90 Å². The Balaban J connectivity index is 1.85. The highest BCUT2D eigenvalue weighted by molar-refractivity contribution is 5.94. The molecule has 0 atom stereocenters. The first-order valence-corrected chi connectivity index (χ1v) is 7.69.